The summed E-state index contributed by atoms with van der Waals surface area (Å²) in [7, 11) is 4.54. The van der Waals surface area contributed by atoms with E-state index in [1.807, 2.05) is 24.3 Å². The van der Waals surface area contributed by atoms with Crippen LogP contribution in [0.3, 0.4) is 0 Å². The van der Waals surface area contributed by atoms with Gasteiger partial charge >= 0.3 is 0 Å². The first-order valence-corrected chi connectivity index (χ1v) is 14.6. The Bertz CT molecular complexity index is 1820. The lowest BCUT2D eigenvalue weighted by Crippen LogP contribution is -2.46. The average molecular weight is 628 g/mol. The first kappa shape index (κ1) is 30.5. The Hall–Kier alpha value is -5.57. The number of amides is 2. The van der Waals surface area contributed by atoms with Crippen molar-refractivity contribution in [1.29, 1.82) is 0 Å². The highest BCUT2D eigenvalue weighted by atomic mass is 16.5. The number of hydrogen-bond donors (Lipinski definition) is 1. The molecule has 5 aromatic rings. The SMILES string of the molecule is COc1ccc([C@H](C(=O)NC[C@@H]2CCCO2)N(C(=O)Cn2nnc3ccccc32)c2ccc(-n3cnnn3)c(OC)c2)cc1OC. The molecule has 0 radical (unpaired) electrons. The highest BCUT2D eigenvalue weighted by molar-refractivity contribution is 6.02. The van der Waals surface area contributed by atoms with Crippen molar-refractivity contribution in [2.24, 2.45) is 0 Å². The second-order valence-corrected chi connectivity index (χ2v) is 10.5. The highest BCUT2D eigenvalue weighted by Crippen LogP contribution is 2.37. The van der Waals surface area contributed by atoms with Crippen LogP contribution >= 0.6 is 0 Å². The number of nitrogens with zero attached hydrogens (tertiary/aromatic N) is 8. The van der Waals surface area contributed by atoms with E-state index in [1.165, 1.54) is 41.9 Å². The smallest absolute Gasteiger partial charge is 0.249 e. The van der Waals surface area contributed by atoms with Gasteiger partial charge in [0.2, 0.25) is 11.8 Å². The number of nitrogens with one attached hydrogen (secondary N) is 1. The lowest BCUT2D eigenvalue weighted by molar-refractivity contribution is -0.127. The molecule has 15 nitrogen and oxygen atoms in total. The van der Waals surface area contributed by atoms with Crippen LogP contribution < -0.4 is 24.4 Å². The highest BCUT2D eigenvalue weighted by Gasteiger charge is 2.35. The second-order valence-electron chi connectivity index (χ2n) is 10.5. The zero-order valence-electron chi connectivity index (χ0n) is 25.6. The molecule has 0 bridgehead atoms. The van der Waals surface area contributed by atoms with Gasteiger partial charge in [0, 0.05) is 24.9 Å². The number of benzene rings is 3. The van der Waals surface area contributed by atoms with E-state index in [0.717, 1.165) is 12.8 Å². The summed E-state index contributed by atoms with van der Waals surface area (Å²) >= 11 is 0. The summed E-state index contributed by atoms with van der Waals surface area (Å²) in [5.41, 5.74) is 2.72. The van der Waals surface area contributed by atoms with Gasteiger partial charge in [0.1, 0.15) is 35.9 Å². The van der Waals surface area contributed by atoms with Gasteiger partial charge in [-0.15, -0.1) is 10.2 Å². The molecule has 0 spiro atoms. The molecule has 1 N–H and O–H groups in total. The lowest BCUT2D eigenvalue weighted by atomic mass is 10.0. The van der Waals surface area contributed by atoms with Crippen LogP contribution in [0.5, 0.6) is 17.2 Å². The van der Waals surface area contributed by atoms with Crippen molar-refractivity contribution in [3.8, 4) is 22.9 Å². The fourth-order valence-corrected chi connectivity index (χ4v) is 5.51. The first-order valence-electron chi connectivity index (χ1n) is 14.6. The molecule has 15 heteroatoms. The molecule has 1 aliphatic rings. The second kappa shape index (κ2) is 13.6. The van der Waals surface area contributed by atoms with E-state index >= 15 is 0 Å². The topological polar surface area (TPSA) is 161 Å². The number of fused-ring (bicyclic) bond motifs is 1. The van der Waals surface area contributed by atoms with Gasteiger partial charge in [0.15, 0.2) is 11.5 Å². The largest absolute Gasteiger partial charge is 0.494 e. The molecule has 2 atom stereocenters. The minimum atomic E-state index is -1.15. The van der Waals surface area contributed by atoms with E-state index in [4.69, 9.17) is 18.9 Å². The van der Waals surface area contributed by atoms with Crippen molar-refractivity contribution in [2.45, 2.75) is 31.5 Å². The molecule has 3 heterocycles. The average Bonchev–Trinajstić information content (AvgIpc) is 3.89. The maximum absolute atomic E-state index is 14.5. The molecule has 2 aromatic heterocycles. The maximum atomic E-state index is 14.5. The zero-order valence-corrected chi connectivity index (χ0v) is 25.6. The predicted molar refractivity (Wildman–Crippen MR) is 165 cm³/mol. The number of para-hydroxylation sites is 1. The van der Waals surface area contributed by atoms with Gasteiger partial charge in [-0.1, -0.05) is 23.4 Å². The molecule has 0 unspecified atom stereocenters. The van der Waals surface area contributed by atoms with Crippen LogP contribution in [0.2, 0.25) is 0 Å². The van der Waals surface area contributed by atoms with Crippen molar-refractivity contribution < 1.29 is 28.5 Å². The van der Waals surface area contributed by atoms with Crippen LogP contribution in [0, 0.1) is 0 Å². The van der Waals surface area contributed by atoms with Crippen LogP contribution in [0.15, 0.2) is 67.0 Å². The molecule has 0 aliphatic carbocycles. The molecular formula is C31H33N9O6. The van der Waals surface area contributed by atoms with Crippen LogP contribution in [-0.4, -0.2) is 87.6 Å². The molecule has 238 valence electrons. The Morgan fingerprint density at radius 2 is 1.83 bits per heavy atom. The fraction of sp³-hybridized carbons (Fsp3) is 0.323. The molecule has 1 fully saturated rings. The van der Waals surface area contributed by atoms with Gasteiger partial charge in [0.25, 0.3) is 0 Å². The quantitative estimate of drug-likeness (QED) is 0.216. The number of carbonyl (C=O) groups is 2. The number of aromatic nitrogens is 7. The Labute approximate surface area is 264 Å². The monoisotopic (exact) mass is 627 g/mol. The summed E-state index contributed by atoms with van der Waals surface area (Å²) in [4.78, 5) is 30.2. The van der Waals surface area contributed by atoms with E-state index in [9.17, 15) is 9.59 Å². The third-order valence-electron chi connectivity index (χ3n) is 7.77. The van der Waals surface area contributed by atoms with Crippen molar-refractivity contribution in [3.05, 3.63) is 72.6 Å². The minimum Gasteiger partial charge on any atom is -0.494 e. The van der Waals surface area contributed by atoms with E-state index < -0.39 is 17.9 Å². The maximum Gasteiger partial charge on any atom is 0.249 e. The van der Waals surface area contributed by atoms with Crippen LogP contribution in [0.4, 0.5) is 5.69 Å². The Balaban J connectivity index is 1.47. The van der Waals surface area contributed by atoms with Crippen molar-refractivity contribution in [1.82, 2.24) is 40.5 Å². The standard InChI is InChI=1S/C31H33N9O6/c1-43-26-13-10-20(15-28(26)45-3)30(31(42)32-17-22-7-6-14-46-22)40(29(41)18-38-24-9-5-4-8-23(24)34-36-38)21-11-12-25(27(16-21)44-2)39-19-33-35-37-39/h4-5,8-13,15-16,19,22,30H,6-7,14,17-18H2,1-3H3,(H,32,42)/t22-,30+/m0/s1. The Kier molecular flexibility index (Phi) is 9.01. The van der Waals surface area contributed by atoms with Crippen molar-refractivity contribution in [3.63, 3.8) is 0 Å². The van der Waals surface area contributed by atoms with Crippen molar-refractivity contribution in [2.75, 3.05) is 39.4 Å². The molecule has 0 saturated carbocycles. The summed E-state index contributed by atoms with van der Waals surface area (Å²) in [5.74, 6) is 0.407. The number of methoxy groups -OCH3 is 3. The molecule has 1 aliphatic heterocycles. The zero-order chi connectivity index (χ0) is 32.0. The summed E-state index contributed by atoms with van der Waals surface area (Å²) in [5, 5.41) is 22.8. The predicted octanol–water partition coefficient (Wildman–Crippen LogP) is 2.50. The van der Waals surface area contributed by atoms with Crippen molar-refractivity contribution >= 4 is 28.5 Å². The van der Waals surface area contributed by atoms with Gasteiger partial charge in [-0.2, -0.15) is 4.68 Å². The van der Waals surface area contributed by atoms with Gasteiger partial charge in [-0.3, -0.25) is 14.5 Å². The fourth-order valence-electron chi connectivity index (χ4n) is 5.51. The molecule has 46 heavy (non-hydrogen) atoms. The van der Waals surface area contributed by atoms with Crippen LogP contribution in [0.1, 0.15) is 24.4 Å². The number of anilines is 1. The molecule has 6 rings (SSSR count). The summed E-state index contributed by atoms with van der Waals surface area (Å²) in [6, 6.07) is 16.4. The van der Waals surface area contributed by atoms with Crippen LogP contribution in [-0.2, 0) is 20.9 Å². The molecule has 1 saturated heterocycles. The first-order chi connectivity index (χ1) is 22.5. The van der Waals surface area contributed by atoms with Gasteiger partial charge < -0.3 is 24.3 Å². The Morgan fingerprint density at radius 3 is 2.57 bits per heavy atom. The number of hydrogen-bond acceptors (Lipinski definition) is 11. The molecular weight excluding hydrogens is 594 g/mol. The third kappa shape index (κ3) is 6.17. The van der Waals surface area contributed by atoms with E-state index in [2.05, 4.69) is 31.2 Å². The van der Waals surface area contributed by atoms with Gasteiger partial charge in [0.05, 0.1) is 33.0 Å². The lowest BCUT2D eigenvalue weighted by Gasteiger charge is -2.32. The summed E-state index contributed by atoms with van der Waals surface area (Å²) < 4.78 is 25.4. The number of carbonyl (C=O) groups excluding carboxylic acids is 2. The number of tetrazole rings is 1. The summed E-state index contributed by atoms with van der Waals surface area (Å²) in [6.07, 6.45) is 3.07. The molecule has 2 amide bonds. The third-order valence-corrected chi connectivity index (χ3v) is 7.77. The normalized spacial score (nSPS) is 15.0. The van der Waals surface area contributed by atoms with E-state index in [0.29, 0.717) is 58.4 Å². The van der Waals surface area contributed by atoms with Gasteiger partial charge in [-0.25, -0.2) is 4.68 Å². The molecule has 3 aromatic carbocycles. The summed E-state index contributed by atoms with van der Waals surface area (Å²) in [6.45, 7) is 0.726. The number of rotatable bonds is 12. The van der Waals surface area contributed by atoms with E-state index in [1.54, 1.807) is 36.4 Å². The van der Waals surface area contributed by atoms with E-state index in [-0.39, 0.29) is 12.6 Å². The Morgan fingerprint density at radius 1 is 1.00 bits per heavy atom. The van der Waals surface area contributed by atoms with Crippen LogP contribution in [0.25, 0.3) is 16.7 Å². The number of ether oxygens (including phenoxy) is 4. The van der Waals surface area contributed by atoms with Gasteiger partial charge in [-0.05, 0) is 65.2 Å². The minimum absolute atomic E-state index is 0.115.